The van der Waals surface area contributed by atoms with Gasteiger partial charge in [0, 0.05) is 10.6 Å². The summed E-state index contributed by atoms with van der Waals surface area (Å²) in [6, 6.07) is 9.50. The summed E-state index contributed by atoms with van der Waals surface area (Å²) < 4.78 is 0. The maximum absolute atomic E-state index is 12.4. The third-order valence-corrected chi connectivity index (χ3v) is 6.97. The van der Waals surface area contributed by atoms with Gasteiger partial charge in [-0.2, -0.15) is 0 Å². The molecule has 8 heteroatoms. The number of rotatable bonds is 6. The topological polar surface area (TPSA) is 87.3 Å². The van der Waals surface area contributed by atoms with Crippen LogP contribution in [0.25, 0.3) is 0 Å². The standard InChI is InChI=1S/C22H27N3O3S2/c1-15-7-6-9-17(11-15)23-20(26)13-29-14-21(27)24-25-22(28)19-12-16-8-4-2-3-5-10-18(16)30-19/h6-7,9,11-12H,2-5,8,10,13-14H2,1H3,(H,23,26)(H,24,27)(H,25,28). The van der Waals surface area contributed by atoms with E-state index in [1.807, 2.05) is 37.3 Å². The quantitative estimate of drug-likeness (QED) is 0.590. The molecule has 0 fully saturated rings. The minimum Gasteiger partial charge on any atom is -0.325 e. The molecule has 160 valence electrons. The van der Waals surface area contributed by atoms with Crippen LogP contribution in [-0.4, -0.2) is 29.2 Å². The molecule has 3 amide bonds. The molecule has 2 aromatic rings. The second kappa shape index (κ2) is 11.2. The fraction of sp³-hybridized carbons (Fsp3) is 0.409. The first-order valence-corrected chi connectivity index (χ1v) is 12.1. The lowest BCUT2D eigenvalue weighted by molar-refractivity contribution is -0.119. The highest BCUT2D eigenvalue weighted by atomic mass is 32.2. The first-order valence-electron chi connectivity index (χ1n) is 10.2. The first kappa shape index (κ1) is 22.4. The Morgan fingerprint density at radius 2 is 1.73 bits per heavy atom. The highest BCUT2D eigenvalue weighted by Crippen LogP contribution is 2.28. The van der Waals surface area contributed by atoms with E-state index in [2.05, 4.69) is 16.2 Å². The van der Waals surface area contributed by atoms with Crippen LogP contribution in [0.4, 0.5) is 5.69 Å². The van der Waals surface area contributed by atoms with Gasteiger partial charge in [-0.15, -0.1) is 23.1 Å². The molecule has 1 heterocycles. The van der Waals surface area contributed by atoms with Gasteiger partial charge < -0.3 is 5.32 Å². The second-order valence-electron chi connectivity index (χ2n) is 7.39. The molecule has 0 radical (unpaired) electrons. The van der Waals surface area contributed by atoms with Gasteiger partial charge in [-0.1, -0.05) is 25.0 Å². The van der Waals surface area contributed by atoms with Gasteiger partial charge in [0.2, 0.25) is 11.8 Å². The Kier molecular flexibility index (Phi) is 8.33. The number of thioether (sulfide) groups is 1. The molecule has 0 bridgehead atoms. The van der Waals surface area contributed by atoms with Crippen LogP contribution in [0.3, 0.4) is 0 Å². The highest BCUT2D eigenvalue weighted by molar-refractivity contribution is 8.00. The monoisotopic (exact) mass is 445 g/mol. The van der Waals surface area contributed by atoms with Crippen LogP contribution in [0.15, 0.2) is 30.3 Å². The summed E-state index contributed by atoms with van der Waals surface area (Å²) in [7, 11) is 0. The van der Waals surface area contributed by atoms with E-state index in [1.54, 1.807) is 0 Å². The summed E-state index contributed by atoms with van der Waals surface area (Å²) in [5, 5.41) is 2.80. The fourth-order valence-corrected chi connectivity index (χ4v) is 5.10. The smallest absolute Gasteiger partial charge is 0.279 e. The van der Waals surface area contributed by atoms with Crippen molar-refractivity contribution in [2.24, 2.45) is 0 Å². The lowest BCUT2D eigenvalue weighted by Gasteiger charge is -2.07. The minimum absolute atomic E-state index is 0.0858. The number of fused-ring (bicyclic) bond motifs is 1. The van der Waals surface area contributed by atoms with Crippen molar-refractivity contribution in [3.8, 4) is 0 Å². The Morgan fingerprint density at radius 1 is 0.967 bits per heavy atom. The number of hydrogen-bond acceptors (Lipinski definition) is 5. The van der Waals surface area contributed by atoms with E-state index >= 15 is 0 Å². The van der Waals surface area contributed by atoms with E-state index < -0.39 is 0 Å². The van der Waals surface area contributed by atoms with Crippen molar-refractivity contribution < 1.29 is 14.4 Å². The third-order valence-electron chi connectivity index (χ3n) is 4.80. The zero-order valence-corrected chi connectivity index (χ0v) is 18.7. The largest absolute Gasteiger partial charge is 0.325 e. The minimum atomic E-state index is -0.341. The number of amides is 3. The number of hydrogen-bond donors (Lipinski definition) is 3. The summed E-state index contributed by atoms with van der Waals surface area (Å²) in [6.07, 6.45) is 6.87. The van der Waals surface area contributed by atoms with Crippen LogP contribution >= 0.6 is 23.1 Å². The molecule has 0 atom stereocenters. The molecular formula is C22H27N3O3S2. The molecule has 1 aliphatic rings. The Bertz CT molecular complexity index is 885. The lowest BCUT2D eigenvalue weighted by atomic mass is 10.00. The van der Waals surface area contributed by atoms with Crippen molar-refractivity contribution >= 4 is 46.5 Å². The number of carbonyl (C=O) groups excluding carboxylic acids is 3. The van der Waals surface area contributed by atoms with E-state index in [1.165, 1.54) is 52.8 Å². The third kappa shape index (κ3) is 6.88. The summed E-state index contributed by atoms with van der Waals surface area (Å²) in [5.74, 6) is -0.553. The summed E-state index contributed by atoms with van der Waals surface area (Å²) in [4.78, 5) is 38.2. The van der Waals surface area contributed by atoms with Crippen molar-refractivity contribution in [1.82, 2.24) is 10.9 Å². The normalized spacial score (nSPS) is 13.5. The first-order chi connectivity index (χ1) is 14.5. The van der Waals surface area contributed by atoms with Crippen molar-refractivity contribution in [1.29, 1.82) is 0 Å². The molecule has 1 aliphatic carbocycles. The Morgan fingerprint density at radius 3 is 2.53 bits per heavy atom. The lowest BCUT2D eigenvalue weighted by Crippen LogP contribution is -2.42. The fourth-order valence-electron chi connectivity index (χ4n) is 3.34. The highest BCUT2D eigenvalue weighted by Gasteiger charge is 2.16. The van der Waals surface area contributed by atoms with E-state index in [9.17, 15) is 14.4 Å². The molecule has 3 N–H and O–H groups in total. The zero-order chi connectivity index (χ0) is 21.3. The molecular weight excluding hydrogens is 418 g/mol. The van der Waals surface area contributed by atoms with Crippen LogP contribution in [0.2, 0.25) is 0 Å². The molecule has 0 saturated carbocycles. The molecule has 1 aromatic heterocycles. The number of aryl methyl sites for hydroxylation is 3. The predicted octanol–water partition coefficient (Wildman–Crippen LogP) is 3.85. The van der Waals surface area contributed by atoms with Crippen LogP contribution in [0, 0.1) is 6.92 Å². The second-order valence-corrected chi connectivity index (χ2v) is 9.51. The number of thiophene rings is 1. The van der Waals surface area contributed by atoms with E-state index in [4.69, 9.17) is 0 Å². The molecule has 1 aromatic carbocycles. The van der Waals surface area contributed by atoms with Crippen molar-refractivity contribution in [3.05, 3.63) is 51.2 Å². The SMILES string of the molecule is Cc1cccc(NC(=O)CSCC(=O)NNC(=O)c2cc3c(s2)CCCCCC3)c1. The van der Waals surface area contributed by atoms with Gasteiger partial charge in [0.05, 0.1) is 16.4 Å². The maximum atomic E-state index is 12.4. The van der Waals surface area contributed by atoms with Gasteiger partial charge >= 0.3 is 0 Å². The van der Waals surface area contributed by atoms with Gasteiger partial charge in [-0.3, -0.25) is 25.2 Å². The van der Waals surface area contributed by atoms with Gasteiger partial charge in [-0.25, -0.2) is 0 Å². The summed E-state index contributed by atoms with van der Waals surface area (Å²) in [5.41, 5.74) is 7.99. The molecule has 0 aliphatic heterocycles. The number of nitrogens with one attached hydrogen (secondary N) is 3. The van der Waals surface area contributed by atoms with Crippen LogP contribution in [-0.2, 0) is 22.4 Å². The molecule has 0 unspecified atom stereocenters. The Labute approximate surface area is 185 Å². The Balaban J connectivity index is 1.37. The number of anilines is 1. The van der Waals surface area contributed by atoms with Gasteiger partial charge in [0.1, 0.15) is 0 Å². The summed E-state index contributed by atoms with van der Waals surface area (Å²) >= 11 is 2.71. The van der Waals surface area contributed by atoms with E-state index in [-0.39, 0.29) is 29.2 Å². The average Bonchev–Trinajstić information content (AvgIpc) is 3.08. The van der Waals surface area contributed by atoms with E-state index in [0.717, 1.165) is 30.5 Å². The van der Waals surface area contributed by atoms with E-state index in [0.29, 0.717) is 4.88 Å². The van der Waals surface area contributed by atoms with Gasteiger partial charge in [0.25, 0.3) is 5.91 Å². The zero-order valence-electron chi connectivity index (χ0n) is 17.1. The molecule has 0 saturated heterocycles. The molecule has 3 rings (SSSR count). The molecule has 0 spiro atoms. The van der Waals surface area contributed by atoms with Gasteiger partial charge in [-0.05, 0) is 61.9 Å². The number of benzene rings is 1. The number of hydrazine groups is 1. The Hall–Kier alpha value is -2.32. The molecule has 30 heavy (non-hydrogen) atoms. The van der Waals surface area contributed by atoms with Crippen molar-refractivity contribution in [2.75, 3.05) is 16.8 Å². The maximum Gasteiger partial charge on any atom is 0.279 e. The van der Waals surface area contributed by atoms with Crippen LogP contribution < -0.4 is 16.2 Å². The van der Waals surface area contributed by atoms with Crippen LogP contribution in [0.1, 0.15) is 51.4 Å². The van der Waals surface area contributed by atoms with Gasteiger partial charge in [0.15, 0.2) is 0 Å². The number of carbonyl (C=O) groups is 3. The predicted molar refractivity (Wildman–Crippen MR) is 123 cm³/mol. The van der Waals surface area contributed by atoms with Crippen molar-refractivity contribution in [3.63, 3.8) is 0 Å². The summed E-state index contributed by atoms with van der Waals surface area (Å²) in [6.45, 7) is 1.96. The van der Waals surface area contributed by atoms with Crippen LogP contribution in [0.5, 0.6) is 0 Å². The van der Waals surface area contributed by atoms with Crippen molar-refractivity contribution in [2.45, 2.75) is 45.4 Å². The average molecular weight is 446 g/mol. The molecule has 6 nitrogen and oxygen atoms in total.